The molecule has 1 aromatic carbocycles. The van der Waals surface area contributed by atoms with Crippen LogP contribution in [0.4, 0.5) is 11.8 Å². The van der Waals surface area contributed by atoms with Crippen LogP contribution in [0.1, 0.15) is 40.4 Å². The van der Waals surface area contributed by atoms with Gasteiger partial charge < -0.3 is 20.1 Å². The predicted octanol–water partition coefficient (Wildman–Crippen LogP) is 2.52. The van der Waals surface area contributed by atoms with Gasteiger partial charge in [-0.05, 0) is 48.8 Å². The molecule has 2 aromatic rings. The molecular weight excluding hydrogens is 356 g/mol. The quantitative estimate of drug-likeness (QED) is 0.712. The van der Waals surface area contributed by atoms with Gasteiger partial charge in [-0.3, -0.25) is 0 Å². The summed E-state index contributed by atoms with van der Waals surface area (Å²) in [6.45, 7) is 6.58. The van der Waals surface area contributed by atoms with Crippen molar-refractivity contribution in [1.82, 2.24) is 9.97 Å². The van der Waals surface area contributed by atoms with Crippen molar-refractivity contribution >= 4 is 17.7 Å². The number of aromatic nitrogens is 2. The maximum atomic E-state index is 12.3. The molecule has 0 amide bonds. The van der Waals surface area contributed by atoms with E-state index in [9.17, 15) is 9.90 Å². The third-order valence-electron chi connectivity index (χ3n) is 5.57. The van der Waals surface area contributed by atoms with Crippen LogP contribution in [0.15, 0.2) is 24.4 Å². The first kappa shape index (κ1) is 18.7. The zero-order valence-corrected chi connectivity index (χ0v) is 16.3. The summed E-state index contributed by atoms with van der Waals surface area (Å²) in [5.74, 6) is 2.28. The number of aryl methyl sites for hydroxylation is 1. The highest BCUT2D eigenvalue weighted by molar-refractivity contribution is 5.94. The van der Waals surface area contributed by atoms with Crippen LogP contribution in [-0.4, -0.2) is 40.7 Å². The first-order chi connectivity index (χ1) is 13.6. The summed E-state index contributed by atoms with van der Waals surface area (Å²) in [5.41, 5.74) is 3.34. The lowest BCUT2D eigenvalue weighted by Gasteiger charge is -2.19. The van der Waals surface area contributed by atoms with Crippen LogP contribution in [0.5, 0.6) is 0 Å². The summed E-state index contributed by atoms with van der Waals surface area (Å²) >= 11 is 0. The fourth-order valence-electron chi connectivity index (χ4n) is 3.81. The standard InChI is InChI=1S/C21H26N4O3/c1-3-28-20(27)18-9-23-21(25-10-16-7-17(16)11-25)24-19(18)22-8-14-4-5-15(12-26)13(2)6-14/h4-6,9,16-17,26H,3,7-8,10-12H2,1-2H3,(H,22,23,24). The minimum atomic E-state index is -0.423. The third kappa shape index (κ3) is 3.80. The van der Waals surface area contributed by atoms with Gasteiger partial charge in [0.15, 0.2) is 0 Å². The fourth-order valence-corrected chi connectivity index (χ4v) is 3.81. The van der Waals surface area contributed by atoms with E-state index in [2.05, 4.69) is 20.2 Å². The van der Waals surface area contributed by atoms with E-state index in [0.717, 1.165) is 41.6 Å². The van der Waals surface area contributed by atoms with E-state index >= 15 is 0 Å². The molecule has 4 rings (SSSR count). The molecule has 2 fully saturated rings. The highest BCUT2D eigenvalue weighted by Crippen LogP contribution is 2.45. The third-order valence-corrected chi connectivity index (χ3v) is 5.57. The number of aliphatic hydroxyl groups excluding tert-OH is 1. The van der Waals surface area contributed by atoms with Crippen LogP contribution in [-0.2, 0) is 17.9 Å². The molecule has 7 nitrogen and oxygen atoms in total. The van der Waals surface area contributed by atoms with Gasteiger partial charge in [-0.15, -0.1) is 0 Å². The maximum absolute atomic E-state index is 12.3. The molecule has 1 aliphatic heterocycles. The number of piperidine rings is 1. The molecule has 2 N–H and O–H groups in total. The van der Waals surface area contributed by atoms with Crippen molar-refractivity contribution in [3.8, 4) is 0 Å². The van der Waals surface area contributed by atoms with E-state index in [1.807, 2.05) is 25.1 Å². The lowest BCUT2D eigenvalue weighted by atomic mass is 10.1. The average molecular weight is 382 g/mol. The molecule has 2 aliphatic rings. The summed E-state index contributed by atoms with van der Waals surface area (Å²) in [6.07, 6.45) is 2.87. The van der Waals surface area contributed by atoms with Crippen molar-refractivity contribution in [3.05, 3.63) is 46.6 Å². The minimum absolute atomic E-state index is 0.0274. The molecule has 28 heavy (non-hydrogen) atoms. The number of benzene rings is 1. The summed E-state index contributed by atoms with van der Waals surface area (Å²) < 4.78 is 5.16. The molecule has 1 saturated carbocycles. The number of carbonyl (C=O) groups is 1. The number of aliphatic hydroxyl groups is 1. The zero-order chi connectivity index (χ0) is 19.7. The van der Waals surface area contributed by atoms with Crippen LogP contribution < -0.4 is 10.2 Å². The highest BCUT2D eigenvalue weighted by atomic mass is 16.5. The van der Waals surface area contributed by atoms with Gasteiger partial charge in [-0.1, -0.05) is 18.2 Å². The summed E-state index contributed by atoms with van der Waals surface area (Å²) in [4.78, 5) is 23.6. The van der Waals surface area contributed by atoms with Crippen LogP contribution in [0.3, 0.4) is 0 Å². The number of anilines is 2. The van der Waals surface area contributed by atoms with Gasteiger partial charge >= 0.3 is 5.97 Å². The molecule has 2 atom stereocenters. The number of nitrogens with zero attached hydrogens (tertiary/aromatic N) is 3. The normalized spacial score (nSPS) is 20.0. The van der Waals surface area contributed by atoms with Gasteiger partial charge in [-0.2, -0.15) is 4.98 Å². The average Bonchev–Trinajstić information content (AvgIpc) is 3.31. The van der Waals surface area contributed by atoms with Crippen molar-refractivity contribution in [2.75, 3.05) is 29.9 Å². The SMILES string of the molecule is CCOC(=O)c1cnc(N2CC3CC3C2)nc1NCc1ccc(CO)c(C)c1. The molecule has 0 spiro atoms. The predicted molar refractivity (Wildman–Crippen MR) is 106 cm³/mol. The number of ether oxygens (including phenoxy) is 1. The Morgan fingerprint density at radius 2 is 2.14 bits per heavy atom. The van der Waals surface area contributed by atoms with Crippen LogP contribution in [0, 0.1) is 18.8 Å². The Hall–Kier alpha value is -2.67. The second-order valence-corrected chi connectivity index (χ2v) is 7.59. The molecule has 1 saturated heterocycles. The van der Waals surface area contributed by atoms with Crippen molar-refractivity contribution in [2.24, 2.45) is 11.8 Å². The van der Waals surface area contributed by atoms with Gasteiger partial charge in [0.1, 0.15) is 11.4 Å². The van der Waals surface area contributed by atoms with E-state index in [1.165, 1.54) is 6.42 Å². The van der Waals surface area contributed by atoms with Crippen LogP contribution >= 0.6 is 0 Å². The minimum Gasteiger partial charge on any atom is -0.462 e. The van der Waals surface area contributed by atoms with E-state index in [1.54, 1.807) is 13.1 Å². The monoisotopic (exact) mass is 382 g/mol. The van der Waals surface area contributed by atoms with E-state index < -0.39 is 5.97 Å². The van der Waals surface area contributed by atoms with Gasteiger partial charge in [0.25, 0.3) is 0 Å². The number of rotatable bonds is 7. The maximum Gasteiger partial charge on any atom is 0.343 e. The number of hydrogen-bond donors (Lipinski definition) is 2. The van der Waals surface area contributed by atoms with Crippen LogP contribution in [0.2, 0.25) is 0 Å². The molecule has 148 valence electrons. The van der Waals surface area contributed by atoms with E-state index in [4.69, 9.17) is 4.74 Å². The molecular formula is C21H26N4O3. The number of nitrogens with one attached hydrogen (secondary N) is 1. The van der Waals surface area contributed by atoms with E-state index in [-0.39, 0.29) is 6.61 Å². The lowest BCUT2D eigenvalue weighted by molar-refractivity contribution is 0.0526. The Labute approximate surface area is 164 Å². The van der Waals surface area contributed by atoms with Gasteiger partial charge in [0, 0.05) is 25.8 Å². The summed E-state index contributed by atoms with van der Waals surface area (Å²) in [6, 6.07) is 5.91. The number of hydrogen-bond acceptors (Lipinski definition) is 7. The topological polar surface area (TPSA) is 87.6 Å². The molecule has 1 aliphatic carbocycles. The smallest absolute Gasteiger partial charge is 0.343 e. The second-order valence-electron chi connectivity index (χ2n) is 7.59. The summed E-state index contributed by atoms with van der Waals surface area (Å²) in [5, 5.41) is 12.6. The fraction of sp³-hybridized carbons (Fsp3) is 0.476. The Balaban J connectivity index is 1.55. The Morgan fingerprint density at radius 3 is 2.82 bits per heavy atom. The first-order valence-electron chi connectivity index (χ1n) is 9.81. The molecule has 0 bridgehead atoms. The Kier molecular flexibility index (Phi) is 5.17. The molecule has 2 heterocycles. The first-order valence-corrected chi connectivity index (χ1v) is 9.81. The van der Waals surface area contributed by atoms with Gasteiger partial charge in [0.05, 0.1) is 13.2 Å². The highest BCUT2D eigenvalue weighted by Gasteiger charge is 2.45. The number of carbonyl (C=O) groups excluding carboxylic acids is 1. The Bertz CT molecular complexity index is 876. The molecule has 7 heteroatoms. The van der Waals surface area contributed by atoms with Crippen molar-refractivity contribution in [2.45, 2.75) is 33.4 Å². The Morgan fingerprint density at radius 1 is 1.36 bits per heavy atom. The zero-order valence-electron chi connectivity index (χ0n) is 16.3. The van der Waals surface area contributed by atoms with E-state index in [0.29, 0.717) is 30.5 Å². The van der Waals surface area contributed by atoms with Gasteiger partial charge in [0.2, 0.25) is 5.95 Å². The van der Waals surface area contributed by atoms with Crippen molar-refractivity contribution in [3.63, 3.8) is 0 Å². The lowest BCUT2D eigenvalue weighted by Crippen LogP contribution is -2.25. The van der Waals surface area contributed by atoms with Gasteiger partial charge in [-0.25, -0.2) is 9.78 Å². The molecule has 2 unspecified atom stereocenters. The molecule has 0 radical (unpaired) electrons. The van der Waals surface area contributed by atoms with Crippen molar-refractivity contribution < 1.29 is 14.6 Å². The molecule has 1 aromatic heterocycles. The van der Waals surface area contributed by atoms with Crippen molar-refractivity contribution in [1.29, 1.82) is 0 Å². The number of esters is 1. The van der Waals surface area contributed by atoms with Crippen LogP contribution in [0.25, 0.3) is 0 Å². The number of fused-ring (bicyclic) bond motifs is 1. The largest absolute Gasteiger partial charge is 0.462 e. The summed E-state index contributed by atoms with van der Waals surface area (Å²) in [7, 11) is 0. The second kappa shape index (κ2) is 7.75.